The summed E-state index contributed by atoms with van der Waals surface area (Å²) >= 11 is 0. The van der Waals surface area contributed by atoms with E-state index in [4.69, 9.17) is 0 Å². The number of fused-ring (bicyclic) bond motifs is 1. The Kier molecular flexibility index (Phi) is 4.68. The fourth-order valence-corrected chi connectivity index (χ4v) is 4.86. The Morgan fingerprint density at radius 2 is 1.63 bits per heavy atom. The van der Waals surface area contributed by atoms with Gasteiger partial charge in [0.25, 0.3) is 0 Å². The molecule has 4 rings (SSSR count). The van der Waals surface area contributed by atoms with Gasteiger partial charge in [-0.05, 0) is 53.9 Å². The molecule has 1 fully saturated rings. The van der Waals surface area contributed by atoms with E-state index in [0.717, 1.165) is 23.6 Å². The van der Waals surface area contributed by atoms with Crippen LogP contribution in [-0.2, 0) is 10.0 Å². The molecule has 0 unspecified atom stereocenters. The molecule has 0 radical (unpaired) electrons. The van der Waals surface area contributed by atoms with Gasteiger partial charge in [-0.15, -0.1) is 0 Å². The zero-order valence-electron chi connectivity index (χ0n) is 14.7. The number of hydrogen-bond donors (Lipinski definition) is 1. The fourth-order valence-electron chi connectivity index (χ4n) is 3.34. The average Bonchev–Trinajstić information content (AvgIpc) is 3.23. The maximum atomic E-state index is 12.6. The lowest BCUT2D eigenvalue weighted by atomic mass is 10.0. The molecule has 3 aromatic carbocycles. The smallest absolute Gasteiger partial charge is 0.243 e. The SMILES string of the molecule is O=S(=O)(c1ccc(N=Cc2c(O)ccc3ccccc23)cc1)N1CCCC1. The highest BCUT2D eigenvalue weighted by Gasteiger charge is 2.26. The molecule has 6 heteroatoms. The van der Waals surface area contributed by atoms with Crippen LogP contribution in [-0.4, -0.2) is 37.1 Å². The van der Waals surface area contributed by atoms with E-state index >= 15 is 0 Å². The minimum atomic E-state index is -3.42. The zero-order valence-corrected chi connectivity index (χ0v) is 15.6. The Morgan fingerprint density at radius 3 is 2.37 bits per heavy atom. The maximum absolute atomic E-state index is 12.6. The van der Waals surface area contributed by atoms with Crippen LogP contribution < -0.4 is 0 Å². The quantitative estimate of drug-likeness (QED) is 0.693. The summed E-state index contributed by atoms with van der Waals surface area (Å²) in [5, 5.41) is 12.1. The van der Waals surface area contributed by atoms with Crippen LogP contribution in [0.25, 0.3) is 10.8 Å². The van der Waals surface area contributed by atoms with Gasteiger partial charge in [-0.1, -0.05) is 30.3 Å². The molecule has 0 atom stereocenters. The molecule has 1 N–H and O–H groups in total. The molecule has 1 aliphatic heterocycles. The standard InChI is InChI=1S/C21H20N2O3S/c24-21-12-7-16-5-1-2-6-19(16)20(21)15-22-17-8-10-18(11-9-17)27(25,26)23-13-3-4-14-23/h1-2,5-12,15,24H,3-4,13-14H2. The van der Waals surface area contributed by atoms with Crippen LogP contribution in [0, 0.1) is 0 Å². The van der Waals surface area contributed by atoms with Gasteiger partial charge in [0.1, 0.15) is 5.75 Å². The highest BCUT2D eigenvalue weighted by Crippen LogP contribution is 2.27. The molecule has 1 saturated heterocycles. The molecule has 0 aliphatic carbocycles. The van der Waals surface area contributed by atoms with Gasteiger partial charge >= 0.3 is 0 Å². The van der Waals surface area contributed by atoms with Gasteiger partial charge in [0.2, 0.25) is 10.0 Å². The van der Waals surface area contributed by atoms with Crippen LogP contribution in [0.5, 0.6) is 5.75 Å². The summed E-state index contributed by atoms with van der Waals surface area (Å²) in [5.41, 5.74) is 1.27. The van der Waals surface area contributed by atoms with E-state index in [1.807, 2.05) is 30.3 Å². The number of phenolic OH excluding ortho intramolecular Hbond substituents is 1. The topological polar surface area (TPSA) is 70.0 Å². The van der Waals surface area contributed by atoms with Gasteiger partial charge in [0.15, 0.2) is 0 Å². The largest absolute Gasteiger partial charge is 0.507 e. The minimum absolute atomic E-state index is 0.158. The van der Waals surface area contributed by atoms with E-state index in [1.165, 1.54) is 4.31 Å². The summed E-state index contributed by atoms with van der Waals surface area (Å²) < 4.78 is 26.7. The van der Waals surface area contributed by atoms with Crippen molar-refractivity contribution < 1.29 is 13.5 Å². The van der Waals surface area contributed by atoms with Gasteiger partial charge in [-0.3, -0.25) is 4.99 Å². The number of hydrogen-bond acceptors (Lipinski definition) is 4. The molecular weight excluding hydrogens is 360 g/mol. The highest BCUT2D eigenvalue weighted by molar-refractivity contribution is 7.89. The number of sulfonamides is 1. The molecule has 3 aromatic rings. The summed E-state index contributed by atoms with van der Waals surface area (Å²) in [6.45, 7) is 1.17. The Morgan fingerprint density at radius 1 is 0.926 bits per heavy atom. The van der Waals surface area contributed by atoms with E-state index in [0.29, 0.717) is 24.3 Å². The van der Waals surface area contributed by atoms with Gasteiger partial charge in [0.05, 0.1) is 10.6 Å². The lowest BCUT2D eigenvalue weighted by Crippen LogP contribution is -2.27. The number of nitrogens with zero attached hydrogens (tertiary/aromatic N) is 2. The normalized spacial score (nSPS) is 15.7. The third-order valence-corrected chi connectivity index (χ3v) is 6.74. The van der Waals surface area contributed by atoms with Crippen LogP contribution in [0.15, 0.2) is 70.6 Å². The van der Waals surface area contributed by atoms with E-state index in [1.54, 1.807) is 36.5 Å². The Balaban J connectivity index is 1.62. The van der Waals surface area contributed by atoms with Crippen molar-refractivity contribution in [3.05, 3.63) is 66.2 Å². The summed E-state index contributed by atoms with van der Waals surface area (Å²) in [6.07, 6.45) is 3.44. The summed E-state index contributed by atoms with van der Waals surface area (Å²) in [4.78, 5) is 4.70. The van der Waals surface area contributed by atoms with Crippen molar-refractivity contribution in [2.24, 2.45) is 4.99 Å². The van der Waals surface area contributed by atoms with E-state index < -0.39 is 10.0 Å². The number of rotatable bonds is 4. The van der Waals surface area contributed by atoms with Crippen LogP contribution in [0.1, 0.15) is 18.4 Å². The molecule has 5 nitrogen and oxygen atoms in total. The van der Waals surface area contributed by atoms with Crippen molar-refractivity contribution in [2.75, 3.05) is 13.1 Å². The second-order valence-corrected chi connectivity index (χ2v) is 8.52. The van der Waals surface area contributed by atoms with Gasteiger partial charge in [-0.25, -0.2) is 8.42 Å². The number of phenols is 1. The van der Waals surface area contributed by atoms with Crippen LogP contribution in [0.4, 0.5) is 5.69 Å². The van der Waals surface area contributed by atoms with Crippen molar-refractivity contribution in [2.45, 2.75) is 17.7 Å². The average molecular weight is 380 g/mol. The monoisotopic (exact) mass is 380 g/mol. The molecule has 0 spiro atoms. The maximum Gasteiger partial charge on any atom is 0.243 e. The molecule has 0 amide bonds. The summed E-state index contributed by atoms with van der Waals surface area (Å²) in [7, 11) is -3.42. The van der Waals surface area contributed by atoms with Crippen LogP contribution in [0.3, 0.4) is 0 Å². The first-order valence-electron chi connectivity index (χ1n) is 8.91. The van der Waals surface area contributed by atoms with Gasteiger partial charge in [-0.2, -0.15) is 4.31 Å². The van der Waals surface area contributed by atoms with E-state index in [2.05, 4.69) is 4.99 Å². The number of aliphatic imine (C=N–C) groups is 1. The third kappa shape index (κ3) is 3.46. The molecule has 0 bridgehead atoms. The highest BCUT2D eigenvalue weighted by atomic mass is 32.2. The van der Waals surface area contributed by atoms with Crippen molar-refractivity contribution >= 4 is 32.7 Å². The van der Waals surface area contributed by atoms with Crippen LogP contribution >= 0.6 is 0 Å². The second-order valence-electron chi connectivity index (χ2n) is 6.58. The van der Waals surface area contributed by atoms with Crippen molar-refractivity contribution in [3.63, 3.8) is 0 Å². The summed E-state index contributed by atoms with van der Waals surface area (Å²) in [5.74, 6) is 0.158. The zero-order chi connectivity index (χ0) is 18.9. The van der Waals surface area contributed by atoms with Gasteiger partial charge < -0.3 is 5.11 Å². The lowest BCUT2D eigenvalue weighted by molar-refractivity contribution is 0.475. The molecule has 138 valence electrons. The fraction of sp³-hybridized carbons (Fsp3) is 0.190. The Labute approximate surface area is 158 Å². The van der Waals surface area contributed by atoms with Crippen molar-refractivity contribution in [1.29, 1.82) is 0 Å². The molecule has 27 heavy (non-hydrogen) atoms. The first kappa shape index (κ1) is 17.7. The Hall–Kier alpha value is -2.70. The summed E-state index contributed by atoms with van der Waals surface area (Å²) in [6, 6.07) is 17.8. The van der Waals surface area contributed by atoms with Gasteiger partial charge in [0, 0.05) is 24.9 Å². The van der Waals surface area contributed by atoms with Crippen molar-refractivity contribution in [3.8, 4) is 5.75 Å². The number of aromatic hydroxyl groups is 1. The van der Waals surface area contributed by atoms with E-state index in [-0.39, 0.29) is 10.6 Å². The number of benzene rings is 3. The predicted molar refractivity (Wildman–Crippen MR) is 107 cm³/mol. The first-order valence-corrected chi connectivity index (χ1v) is 10.3. The molecule has 0 saturated carbocycles. The molecule has 1 aliphatic rings. The molecule has 1 heterocycles. The Bertz CT molecular complexity index is 1100. The second kappa shape index (κ2) is 7.13. The third-order valence-electron chi connectivity index (χ3n) is 4.83. The molecule has 0 aromatic heterocycles. The lowest BCUT2D eigenvalue weighted by Gasteiger charge is -2.15. The van der Waals surface area contributed by atoms with E-state index in [9.17, 15) is 13.5 Å². The molecular formula is C21H20N2O3S. The first-order chi connectivity index (χ1) is 13.1. The van der Waals surface area contributed by atoms with Crippen molar-refractivity contribution in [1.82, 2.24) is 4.31 Å². The van der Waals surface area contributed by atoms with Crippen LogP contribution in [0.2, 0.25) is 0 Å². The minimum Gasteiger partial charge on any atom is -0.507 e. The predicted octanol–water partition coefficient (Wildman–Crippen LogP) is 4.08.